The molecule has 4 aromatic rings. The molecule has 120 valence electrons. The molecule has 0 amide bonds. The van der Waals surface area contributed by atoms with Gasteiger partial charge < -0.3 is 16.8 Å². The smallest absolute Gasteiger partial charge is 0.0384 e. The molecule has 1 aromatic heterocycles. The molecule has 0 aliphatic carbocycles. The van der Waals surface area contributed by atoms with Crippen molar-refractivity contribution in [3.05, 3.63) is 89.2 Å². The van der Waals surface area contributed by atoms with Gasteiger partial charge in [-0.2, -0.15) is 0 Å². The maximum Gasteiger partial charge on any atom is 0.0384 e. The van der Waals surface area contributed by atoms with E-state index >= 15 is 0 Å². The van der Waals surface area contributed by atoms with E-state index in [9.17, 15) is 0 Å². The van der Waals surface area contributed by atoms with Gasteiger partial charge in [-0.3, -0.25) is 0 Å². The Bertz CT molecular complexity index is 978. The van der Waals surface area contributed by atoms with Gasteiger partial charge >= 0.3 is 0 Å². The van der Waals surface area contributed by atoms with Gasteiger partial charge in [-0.25, -0.2) is 0 Å². The zero-order valence-corrected chi connectivity index (χ0v) is 13.9. The van der Waals surface area contributed by atoms with Crippen LogP contribution in [0.4, 0.5) is 0 Å². The lowest BCUT2D eigenvalue weighted by Gasteiger charge is -2.35. The third kappa shape index (κ3) is 2.70. The average Bonchev–Trinajstić information content (AvgIpc) is 3.01. The first kappa shape index (κ1) is 15.3. The number of hydrogen-bond donors (Lipinski definition) is 2. The Morgan fingerprint density at radius 3 is 2.25 bits per heavy atom. The van der Waals surface area contributed by atoms with Gasteiger partial charge in [0.15, 0.2) is 0 Å². The molecule has 0 saturated carbocycles. The lowest BCUT2D eigenvalue weighted by Crippen LogP contribution is -2.17. The van der Waals surface area contributed by atoms with E-state index in [1.165, 1.54) is 20.2 Å². The van der Waals surface area contributed by atoms with Crippen LogP contribution in [0.1, 0.15) is 23.5 Å². The molecule has 3 nitrogen and oxygen atoms in total. The first-order valence-electron chi connectivity index (χ1n) is 7.90. The number of benzene rings is 3. The van der Waals surface area contributed by atoms with Crippen LogP contribution in [0.3, 0.4) is 0 Å². The third-order valence-corrected chi connectivity index (χ3v) is 5.45. The van der Waals surface area contributed by atoms with Crippen molar-refractivity contribution in [2.45, 2.75) is 12.3 Å². The highest BCUT2D eigenvalue weighted by atomic mass is 32.1. The van der Waals surface area contributed by atoms with Crippen molar-refractivity contribution in [1.29, 1.82) is 0 Å². The lowest BCUT2D eigenvalue weighted by molar-refractivity contribution is 0.727. The summed E-state index contributed by atoms with van der Waals surface area (Å²) in [4.78, 5) is 0. The van der Waals surface area contributed by atoms with E-state index < -0.39 is 12.3 Å². The van der Waals surface area contributed by atoms with E-state index in [0.717, 1.165) is 11.1 Å². The zero-order chi connectivity index (χ0) is 16.5. The largest absolute Gasteiger partial charge is 0.625 e. The molecule has 0 radical (unpaired) electrons. The number of nitrogens with two attached hydrogens (primary N) is 2. The summed E-state index contributed by atoms with van der Waals surface area (Å²) in [7, 11) is 0. The summed E-state index contributed by atoms with van der Waals surface area (Å²) in [5.74, 6) is 0. The van der Waals surface area contributed by atoms with Gasteiger partial charge in [-0.1, -0.05) is 84.6 Å². The molecule has 4 rings (SSSR count). The van der Waals surface area contributed by atoms with Crippen molar-refractivity contribution in [2.75, 3.05) is 0 Å². The maximum absolute atomic E-state index is 6.38. The summed E-state index contributed by atoms with van der Waals surface area (Å²) in [5, 5.41) is 7.09. The fourth-order valence-electron chi connectivity index (χ4n) is 2.99. The second kappa shape index (κ2) is 6.34. The second-order valence-electron chi connectivity index (χ2n) is 5.77. The van der Waals surface area contributed by atoms with Gasteiger partial charge in [-0.15, -0.1) is 11.3 Å². The Labute approximate surface area is 144 Å². The van der Waals surface area contributed by atoms with Crippen molar-refractivity contribution < 1.29 is 0 Å². The fraction of sp³-hybridized carbons (Fsp3) is 0.100. The Kier molecular flexibility index (Phi) is 4.04. The molecule has 0 fully saturated rings. The number of nitrogens with zero attached hydrogens (tertiary/aromatic N) is 1. The van der Waals surface area contributed by atoms with E-state index in [4.69, 9.17) is 11.5 Å². The van der Waals surface area contributed by atoms with Crippen LogP contribution >= 0.6 is 11.3 Å². The van der Waals surface area contributed by atoms with Crippen molar-refractivity contribution in [1.82, 2.24) is 0 Å². The summed E-state index contributed by atoms with van der Waals surface area (Å²) >= 11 is 1.76. The van der Waals surface area contributed by atoms with E-state index in [-0.39, 0.29) is 0 Å². The maximum atomic E-state index is 6.38. The molecule has 1 heterocycles. The molecule has 24 heavy (non-hydrogen) atoms. The summed E-state index contributed by atoms with van der Waals surface area (Å²) in [6.07, 6.45) is -0.872. The monoisotopic (exact) mass is 332 g/mol. The van der Waals surface area contributed by atoms with E-state index in [0.29, 0.717) is 0 Å². The molecular weight excluding hydrogens is 314 g/mol. The molecule has 2 unspecified atom stereocenters. The van der Waals surface area contributed by atoms with Crippen molar-refractivity contribution in [3.63, 3.8) is 0 Å². The topological polar surface area (TPSA) is 66.1 Å². The van der Waals surface area contributed by atoms with E-state index in [2.05, 4.69) is 35.6 Å². The minimum Gasteiger partial charge on any atom is -0.625 e. The third-order valence-electron chi connectivity index (χ3n) is 4.22. The fourth-order valence-corrected chi connectivity index (χ4v) is 4.24. The van der Waals surface area contributed by atoms with Gasteiger partial charge in [0.05, 0.1) is 0 Å². The molecule has 0 spiro atoms. The van der Waals surface area contributed by atoms with Crippen LogP contribution in [0.25, 0.3) is 25.5 Å². The SMILES string of the molecule is NC([N-]C(N)c1cccc2c1sc1ccccc12)c1ccccc1. The van der Waals surface area contributed by atoms with Gasteiger partial charge in [0.1, 0.15) is 0 Å². The van der Waals surface area contributed by atoms with Gasteiger partial charge in [0, 0.05) is 20.2 Å². The predicted octanol–water partition coefficient (Wildman–Crippen LogP) is 5.04. The lowest BCUT2D eigenvalue weighted by atomic mass is 10.1. The number of fused-ring (bicyclic) bond motifs is 3. The molecule has 4 heteroatoms. The van der Waals surface area contributed by atoms with Crippen LogP contribution < -0.4 is 11.5 Å². The molecule has 3 aromatic carbocycles. The molecule has 4 N–H and O–H groups in total. The molecular formula is C20H18N3S-. The standard InChI is InChI=1S/C20H18N3S/c21-19(13-7-2-1-3-8-13)23-20(22)16-11-6-10-15-14-9-4-5-12-17(14)24-18(15)16/h1-12,19-20H,21-22H2/q-1. The first-order chi connectivity index (χ1) is 11.7. The summed E-state index contributed by atoms with van der Waals surface area (Å²) < 4.78 is 2.45. The van der Waals surface area contributed by atoms with Crippen LogP contribution in [0.15, 0.2) is 72.8 Å². The highest BCUT2D eigenvalue weighted by Gasteiger charge is 2.10. The summed E-state index contributed by atoms with van der Waals surface area (Å²) in [6, 6.07) is 24.5. The van der Waals surface area contributed by atoms with Crippen LogP contribution in [0, 0.1) is 0 Å². The Hall–Kier alpha value is -2.24. The zero-order valence-electron chi connectivity index (χ0n) is 13.1. The van der Waals surface area contributed by atoms with Gasteiger partial charge in [0.25, 0.3) is 0 Å². The molecule has 0 aliphatic heterocycles. The van der Waals surface area contributed by atoms with Crippen LogP contribution in [-0.4, -0.2) is 0 Å². The summed E-state index contributed by atoms with van der Waals surface area (Å²) in [6.45, 7) is 0. The normalized spacial score (nSPS) is 14.1. The number of thiophene rings is 1. The van der Waals surface area contributed by atoms with Crippen LogP contribution in [-0.2, 0) is 0 Å². The minimum atomic E-state index is -0.447. The highest BCUT2D eigenvalue weighted by molar-refractivity contribution is 7.26. The molecule has 0 saturated heterocycles. The van der Waals surface area contributed by atoms with Gasteiger partial charge in [-0.05, 0) is 11.6 Å². The van der Waals surface area contributed by atoms with Crippen molar-refractivity contribution in [2.24, 2.45) is 11.5 Å². The van der Waals surface area contributed by atoms with Crippen molar-refractivity contribution >= 4 is 31.5 Å². The van der Waals surface area contributed by atoms with Crippen molar-refractivity contribution in [3.8, 4) is 0 Å². The first-order valence-corrected chi connectivity index (χ1v) is 8.72. The highest BCUT2D eigenvalue weighted by Crippen LogP contribution is 2.39. The van der Waals surface area contributed by atoms with E-state index in [1.54, 1.807) is 11.3 Å². The predicted molar refractivity (Wildman–Crippen MR) is 103 cm³/mol. The number of rotatable bonds is 4. The van der Waals surface area contributed by atoms with Crippen LogP contribution in [0.5, 0.6) is 0 Å². The molecule has 0 bridgehead atoms. The van der Waals surface area contributed by atoms with Gasteiger partial charge in [0.2, 0.25) is 0 Å². The Morgan fingerprint density at radius 1 is 0.708 bits per heavy atom. The quantitative estimate of drug-likeness (QED) is 0.549. The average molecular weight is 332 g/mol. The second-order valence-corrected chi connectivity index (χ2v) is 6.82. The summed E-state index contributed by atoms with van der Waals surface area (Å²) in [5.41, 5.74) is 14.6. The van der Waals surface area contributed by atoms with E-state index in [1.807, 2.05) is 42.5 Å². The number of hydrogen-bond acceptors (Lipinski definition) is 3. The molecule has 2 atom stereocenters. The minimum absolute atomic E-state index is 0.425. The van der Waals surface area contributed by atoms with Crippen LogP contribution in [0.2, 0.25) is 0 Å². The Balaban J connectivity index is 1.70. The Morgan fingerprint density at radius 2 is 1.42 bits per heavy atom. The molecule has 0 aliphatic rings.